The van der Waals surface area contributed by atoms with Gasteiger partial charge in [-0.3, -0.25) is 0 Å². The molecule has 21 heavy (non-hydrogen) atoms. The first kappa shape index (κ1) is 15.7. The zero-order valence-electron chi connectivity index (χ0n) is 12.8. The van der Waals surface area contributed by atoms with Gasteiger partial charge in [-0.2, -0.15) is 0 Å². The van der Waals surface area contributed by atoms with Gasteiger partial charge in [0.25, 0.3) is 0 Å². The number of rotatable bonds is 6. The van der Waals surface area contributed by atoms with E-state index in [1.165, 1.54) is 4.88 Å². The third-order valence-corrected chi connectivity index (χ3v) is 4.85. The molecule has 2 rings (SSSR count). The molecular formula is C15H21N3O2S. The summed E-state index contributed by atoms with van der Waals surface area (Å²) in [6, 6.07) is 1.41. The fourth-order valence-electron chi connectivity index (χ4n) is 2.19. The van der Waals surface area contributed by atoms with Crippen LogP contribution in [0.3, 0.4) is 0 Å². The predicted molar refractivity (Wildman–Crippen MR) is 86.0 cm³/mol. The minimum Gasteiger partial charge on any atom is -0.480 e. The lowest BCUT2D eigenvalue weighted by Gasteiger charge is -2.21. The van der Waals surface area contributed by atoms with E-state index in [2.05, 4.69) is 28.3 Å². The summed E-state index contributed by atoms with van der Waals surface area (Å²) in [5.41, 5.74) is 0. The molecule has 0 radical (unpaired) electrons. The van der Waals surface area contributed by atoms with Gasteiger partial charge in [0.1, 0.15) is 22.5 Å². The van der Waals surface area contributed by atoms with Crippen molar-refractivity contribution in [1.29, 1.82) is 0 Å². The zero-order chi connectivity index (χ0) is 15.6. The van der Waals surface area contributed by atoms with Crippen LogP contribution in [0.15, 0.2) is 6.07 Å². The zero-order valence-corrected chi connectivity index (χ0v) is 13.6. The fourth-order valence-corrected chi connectivity index (χ4v) is 3.21. The highest BCUT2D eigenvalue weighted by atomic mass is 32.1. The van der Waals surface area contributed by atoms with Crippen molar-refractivity contribution >= 4 is 33.3 Å². The van der Waals surface area contributed by atoms with Crippen molar-refractivity contribution in [2.75, 3.05) is 5.32 Å². The maximum atomic E-state index is 11.5. The Kier molecular flexibility index (Phi) is 4.77. The molecule has 2 heterocycles. The summed E-state index contributed by atoms with van der Waals surface area (Å²) < 4.78 is 0. The third-order valence-electron chi connectivity index (χ3n) is 3.68. The van der Waals surface area contributed by atoms with Crippen LogP contribution in [0.25, 0.3) is 10.2 Å². The Bertz CT molecular complexity index is 654. The fraction of sp³-hybridized carbons (Fsp3) is 0.533. The number of nitrogens with one attached hydrogen (secondary N) is 1. The number of hydrogen-bond acceptors (Lipinski definition) is 5. The first-order chi connectivity index (χ1) is 9.96. The second kappa shape index (κ2) is 6.39. The summed E-state index contributed by atoms with van der Waals surface area (Å²) in [4.78, 5) is 22.5. The summed E-state index contributed by atoms with van der Waals surface area (Å²) in [6.07, 6.45) is 1.73. The van der Waals surface area contributed by atoms with E-state index in [4.69, 9.17) is 0 Å². The van der Waals surface area contributed by atoms with Gasteiger partial charge in [-0.05, 0) is 25.3 Å². The largest absolute Gasteiger partial charge is 0.480 e. The standard InChI is InChI=1S/C15H21N3O2S/c1-5-8(3)12(15(19)20)18-13-11-7-10(6-2)21-14(11)17-9(4)16-13/h7-8,12H,5-6H2,1-4H3,(H,19,20)(H,16,17,18)/t8-,12+/m1/s1. The maximum absolute atomic E-state index is 11.5. The number of thiophene rings is 1. The number of nitrogens with zero attached hydrogens (tertiary/aromatic N) is 2. The van der Waals surface area contributed by atoms with E-state index >= 15 is 0 Å². The Morgan fingerprint density at radius 2 is 2.14 bits per heavy atom. The van der Waals surface area contributed by atoms with Crippen LogP contribution in [0.5, 0.6) is 0 Å². The number of aliphatic carboxylic acids is 1. The summed E-state index contributed by atoms with van der Waals surface area (Å²) in [6.45, 7) is 7.84. The van der Waals surface area contributed by atoms with Crippen molar-refractivity contribution in [3.8, 4) is 0 Å². The van der Waals surface area contributed by atoms with Crippen LogP contribution in [0.2, 0.25) is 0 Å². The topological polar surface area (TPSA) is 75.1 Å². The second-order valence-electron chi connectivity index (χ2n) is 5.25. The van der Waals surface area contributed by atoms with Crippen LogP contribution in [0.4, 0.5) is 5.82 Å². The molecule has 0 spiro atoms. The number of aryl methyl sites for hydroxylation is 2. The van der Waals surface area contributed by atoms with Crippen molar-refractivity contribution in [1.82, 2.24) is 9.97 Å². The molecule has 0 aliphatic carbocycles. The molecule has 0 saturated heterocycles. The molecule has 0 aliphatic rings. The van der Waals surface area contributed by atoms with Gasteiger partial charge in [0.15, 0.2) is 0 Å². The lowest BCUT2D eigenvalue weighted by molar-refractivity contribution is -0.139. The average molecular weight is 307 g/mol. The minimum atomic E-state index is -0.847. The van der Waals surface area contributed by atoms with Crippen LogP contribution < -0.4 is 5.32 Å². The molecule has 6 heteroatoms. The first-order valence-corrected chi connectivity index (χ1v) is 8.04. The highest BCUT2D eigenvalue weighted by molar-refractivity contribution is 7.18. The van der Waals surface area contributed by atoms with Crippen LogP contribution >= 0.6 is 11.3 Å². The van der Waals surface area contributed by atoms with Crippen molar-refractivity contribution < 1.29 is 9.90 Å². The monoisotopic (exact) mass is 307 g/mol. The highest BCUT2D eigenvalue weighted by Gasteiger charge is 2.25. The molecule has 0 aromatic carbocycles. The molecule has 2 aromatic heterocycles. The Morgan fingerprint density at radius 1 is 1.43 bits per heavy atom. The number of fused-ring (bicyclic) bond motifs is 1. The SMILES string of the molecule is CCc1cc2c(N[C@H](C(=O)O)[C@H](C)CC)nc(C)nc2s1. The number of anilines is 1. The molecule has 0 aliphatic heterocycles. The van der Waals surface area contributed by atoms with Crippen LogP contribution in [0.1, 0.15) is 37.9 Å². The molecule has 2 atom stereocenters. The number of hydrogen-bond donors (Lipinski definition) is 2. The minimum absolute atomic E-state index is 0.0251. The third kappa shape index (κ3) is 3.32. The van der Waals surface area contributed by atoms with Crippen LogP contribution in [-0.2, 0) is 11.2 Å². The maximum Gasteiger partial charge on any atom is 0.326 e. The van der Waals surface area contributed by atoms with Gasteiger partial charge in [-0.1, -0.05) is 27.2 Å². The Hall–Kier alpha value is -1.69. The van der Waals surface area contributed by atoms with Crippen molar-refractivity contribution in [2.24, 2.45) is 5.92 Å². The van der Waals surface area contributed by atoms with E-state index in [1.54, 1.807) is 11.3 Å². The van der Waals surface area contributed by atoms with E-state index in [1.807, 2.05) is 20.8 Å². The van der Waals surface area contributed by atoms with Gasteiger partial charge in [0, 0.05) is 4.88 Å². The van der Waals surface area contributed by atoms with E-state index in [-0.39, 0.29) is 5.92 Å². The van der Waals surface area contributed by atoms with Crippen LogP contribution in [-0.4, -0.2) is 27.1 Å². The predicted octanol–water partition coefficient (Wildman–Crippen LogP) is 3.47. The molecule has 5 nitrogen and oxygen atoms in total. The molecule has 0 saturated carbocycles. The number of aromatic nitrogens is 2. The van der Waals surface area contributed by atoms with E-state index in [0.29, 0.717) is 11.6 Å². The smallest absolute Gasteiger partial charge is 0.326 e. The van der Waals surface area contributed by atoms with E-state index in [0.717, 1.165) is 23.1 Å². The molecule has 114 valence electrons. The van der Waals surface area contributed by atoms with Gasteiger partial charge in [0.05, 0.1) is 5.39 Å². The molecule has 2 N–H and O–H groups in total. The molecule has 0 unspecified atom stereocenters. The van der Waals surface area contributed by atoms with Gasteiger partial charge in [-0.15, -0.1) is 11.3 Å². The lowest BCUT2D eigenvalue weighted by atomic mass is 9.99. The highest BCUT2D eigenvalue weighted by Crippen LogP contribution is 2.30. The Balaban J connectivity index is 2.44. The number of carbonyl (C=O) groups is 1. The van der Waals surface area contributed by atoms with Gasteiger partial charge in [0.2, 0.25) is 0 Å². The molecular weight excluding hydrogens is 286 g/mol. The quantitative estimate of drug-likeness (QED) is 0.854. The van der Waals surface area contributed by atoms with Gasteiger partial charge in [-0.25, -0.2) is 14.8 Å². The molecule has 2 aromatic rings. The van der Waals surface area contributed by atoms with E-state index in [9.17, 15) is 9.90 Å². The number of carboxylic acids is 1. The summed E-state index contributed by atoms with van der Waals surface area (Å²) in [5.74, 6) is 0.459. The molecule has 0 fully saturated rings. The van der Waals surface area contributed by atoms with Crippen molar-refractivity contribution in [3.63, 3.8) is 0 Å². The van der Waals surface area contributed by atoms with Gasteiger partial charge >= 0.3 is 5.97 Å². The normalized spacial score (nSPS) is 14.1. The van der Waals surface area contributed by atoms with Crippen molar-refractivity contribution in [3.05, 3.63) is 16.8 Å². The van der Waals surface area contributed by atoms with E-state index < -0.39 is 12.0 Å². The van der Waals surface area contributed by atoms with Gasteiger partial charge < -0.3 is 10.4 Å². The summed E-state index contributed by atoms with van der Waals surface area (Å²) in [5, 5.41) is 13.4. The average Bonchev–Trinajstić information content (AvgIpc) is 2.86. The summed E-state index contributed by atoms with van der Waals surface area (Å²) >= 11 is 1.64. The Morgan fingerprint density at radius 3 is 2.71 bits per heavy atom. The van der Waals surface area contributed by atoms with Crippen LogP contribution in [0, 0.1) is 12.8 Å². The second-order valence-corrected chi connectivity index (χ2v) is 6.37. The summed E-state index contributed by atoms with van der Waals surface area (Å²) in [7, 11) is 0. The molecule has 0 amide bonds. The number of carboxylic acid groups (broad SMARTS) is 1. The Labute approximate surface area is 128 Å². The lowest BCUT2D eigenvalue weighted by Crippen LogP contribution is -2.35. The molecule has 0 bridgehead atoms. The van der Waals surface area contributed by atoms with Crippen molar-refractivity contribution in [2.45, 2.75) is 46.6 Å². The first-order valence-electron chi connectivity index (χ1n) is 7.22.